The molecule has 0 radical (unpaired) electrons. The van der Waals surface area contributed by atoms with Crippen LogP contribution in [0.25, 0.3) is 0 Å². The van der Waals surface area contributed by atoms with Crippen molar-refractivity contribution in [2.75, 3.05) is 0 Å². The van der Waals surface area contributed by atoms with Crippen molar-refractivity contribution in [3.63, 3.8) is 0 Å². The Morgan fingerprint density at radius 1 is 1.71 bits per heavy atom. The van der Waals surface area contributed by atoms with E-state index in [0.717, 1.165) is 25.2 Å². The Labute approximate surface area is 81.8 Å². The second-order valence-electron chi connectivity index (χ2n) is 3.50. The van der Waals surface area contributed by atoms with E-state index in [9.17, 15) is 4.79 Å². The molecule has 0 fully saturated rings. The number of nitrogens with zero attached hydrogens (tertiary/aromatic N) is 3. The molecule has 1 N–H and O–H groups in total. The van der Waals surface area contributed by atoms with Crippen molar-refractivity contribution in [1.82, 2.24) is 14.8 Å². The number of aromatic nitrogens is 3. The summed E-state index contributed by atoms with van der Waals surface area (Å²) in [7, 11) is 0. The minimum Gasteiger partial charge on any atom is -0.481 e. The van der Waals surface area contributed by atoms with Gasteiger partial charge in [-0.25, -0.2) is 9.67 Å². The molecule has 5 nitrogen and oxygen atoms in total. The average Bonchev–Trinajstić information content (AvgIpc) is 2.59. The van der Waals surface area contributed by atoms with Crippen molar-refractivity contribution in [3.05, 3.63) is 11.6 Å². The Morgan fingerprint density at radius 2 is 2.50 bits per heavy atom. The Bertz CT molecular complexity index is 359. The second-order valence-corrected chi connectivity index (χ2v) is 3.50. The fourth-order valence-corrected chi connectivity index (χ4v) is 1.78. The van der Waals surface area contributed by atoms with Gasteiger partial charge in [-0.3, -0.25) is 4.79 Å². The topological polar surface area (TPSA) is 68.0 Å². The Morgan fingerprint density at radius 3 is 3.14 bits per heavy atom. The Balaban J connectivity index is 2.38. The van der Waals surface area contributed by atoms with Gasteiger partial charge in [-0.05, 0) is 12.8 Å². The summed E-state index contributed by atoms with van der Waals surface area (Å²) in [5, 5.41) is 13.2. The van der Waals surface area contributed by atoms with E-state index in [-0.39, 0.29) is 0 Å². The number of rotatable bonds is 2. The van der Waals surface area contributed by atoms with Crippen molar-refractivity contribution < 1.29 is 9.90 Å². The normalized spacial score (nSPS) is 20.5. The largest absolute Gasteiger partial charge is 0.481 e. The predicted molar refractivity (Wildman–Crippen MR) is 49.0 cm³/mol. The molecule has 14 heavy (non-hydrogen) atoms. The number of carboxylic acid groups (broad SMARTS) is 1. The molecular weight excluding hydrogens is 182 g/mol. The van der Waals surface area contributed by atoms with Gasteiger partial charge < -0.3 is 5.11 Å². The summed E-state index contributed by atoms with van der Waals surface area (Å²) < 4.78 is 1.74. The molecule has 0 bridgehead atoms. The van der Waals surface area contributed by atoms with E-state index in [0.29, 0.717) is 12.2 Å². The van der Waals surface area contributed by atoms with Gasteiger partial charge in [-0.1, -0.05) is 6.92 Å². The molecule has 2 heterocycles. The molecule has 1 aliphatic rings. The quantitative estimate of drug-likeness (QED) is 0.758. The van der Waals surface area contributed by atoms with Crippen molar-refractivity contribution in [2.24, 2.45) is 0 Å². The highest BCUT2D eigenvalue weighted by atomic mass is 16.4. The number of carbonyl (C=O) groups is 1. The second kappa shape index (κ2) is 3.40. The molecule has 0 aliphatic carbocycles. The highest BCUT2D eigenvalue weighted by Gasteiger charge is 2.29. The Kier molecular flexibility index (Phi) is 2.23. The third-order valence-electron chi connectivity index (χ3n) is 2.53. The smallest absolute Gasteiger partial charge is 0.314 e. The fraction of sp³-hybridized carbons (Fsp3) is 0.667. The SMILES string of the molecule is CCc1nc2n(n1)CCCC2C(=O)O. The fourth-order valence-electron chi connectivity index (χ4n) is 1.78. The van der Waals surface area contributed by atoms with E-state index in [4.69, 9.17) is 5.11 Å². The maximum Gasteiger partial charge on any atom is 0.314 e. The van der Waals surface area contributed by atoms with Gasteiger partial charge in [0, 0.05) is 13.0 Å². The molecule has 0 amide bonds. The zero-order valence-electron chi connectivity index (χ0n) is 8.10. The summed E-state index contributed by atoms with van der Waals surface area (Å²) in [5.74, 6) is 0.117. The van der Waals surface area contributed by atoms with Crippen LogP contribution >= 0.6 is 0 Å². The van der Waals surface area contributed by atoms with Crippen LogP contribution < -0.4 is 0 Å². The monoisotopic (exact) mass is 195 g/mol. The predicted octanol–water partition coefficient (Wildman–Crippen LogP) is 0.802. The lowest BCUT2D eigenvalue weighted by Gasteiger charge is -2.17. The van der Waals surface area contributed by atoms with Gasteiger partial charge in [0.25, 0.3) is 0 Å². The van der Waals surface area contributed by atoms with Crippen LogP contribution in [0.4, 0.5) is 0 Å². The maximum atomic E-state index is 10.9. The lowest BCUT2D eigenvalue weighted by atomic mass is 10.00. The van der Waals surface area contributed by atoms with Gasteiger partial charge in [-0.2, -0.15) is 5.10 Å². The third-order valence-corrected chi connectivity index (χ3v) is 2.53. The summed E-state index contributed by atoms with van der Waals surface area (Å²) >= 11 is 0. The van der Waals surface area contributed by atoms with Crippen LogP contribution in [0.5, 0.6) is 0 Å². The van der Waals surface area contributed by atoms with E-state index in [2.05, 4.69) is 10.1 Å². The number of aryl methyl sites for hydroxylation is 2. The van der Waals surface area contributed by atoms with Crippen molar-refractivity contribution in [1.29, 1.82) is 0 Å². The minimum atomic E-state index is -0.791. The zero-order chi connectivity index (χ0) is 10.1. The van der Waals surface area contributed by atoms with Gasteiger partial charge in [-0.15, -0.1) is 0 Å². The van der Waals surface area contributed by atoms with Crippen LogP contribution in [0, 0.1) is 0 Å². The number of hydrogen-bond donors (Lipinski definition) is 1. The van der Waals surface area contributed by atoms with Crippen LogP contribution in [0.2, 0.25) is 0 Å². The number of aliphatic carboxylic acids is 1. The molecule has 76 valence electrons. The van der Waals surface area contributed by atoms with E-state index in [1.165, 1.54) is 0 Å². The van der Waals surface area contributed by atoms with E-state index in [1.54, 1.807) is 4.68 Å². The van der Waals surface area contributed by atoms with E-state index < -0.39 is 11.9 Å². The van der Waals surface area contributed by atoms with Gasteiger partial charge in [0.05, 0.1) is 0 Å². The molecule has 1 atom stereocenters. The number of hydrogen-bond acceptors (Lipinski definition) is 3. The molecule has 1 aromatic heterocycles. The first-order chi connectivity index (χ1) is 6.72. The van der Waals surface area contributed by atoms with Crippen LogP contribution in [0.15, 0.2) is 0 Å². The molecule has 1 aliphatic heterocycles. The lowest BCUT2D eigenvalue weighted by molar-refractivity contribution is -0.139. The lowest BCUT2D eigenvalue weighted by Crippen LogP contribution is -2.22. The van der Waals surface area contributed by atoms with Gasteiger partial charge >= 0.3 is 5.97 Å². The highest BCUT2D eigenvalue weighted by Crippen LogP contribution is 2.25. The number of carboxylic acids is 1. The molecule has 1 aromatic rings. The van der Waals surface area contributed by atoms with Crippen LogP contribution in [0.3, 0.4) is 0 Å². The summed E-state index contributed by atoms with van der Waals surface area (Å²) in [6.45, 7) is 2.77. The van der Waals surface area contributed by atoms with Crippen molar-refractivity contribution in [2.45, 2.75) is 38.6 Å². The Hall–Kier alpha value is -1.39. The van der Waals surface area contributed by atoms with Crippen LogP contribution in [0.1, 0.15) is 37.3 Å². The first kappa shape index (κ1) is 9.18. The summed E-state index contributed by atoms with van der Waals surface area (Å²) in [6.07, 6.45) is 2.31. The molecule has 2 rings (SSSR count). The highest BCUT2D eigenvalue weighted by molar-refractivity contribution is 5.75. The molecule has 0 saturated heterocycles. The standard InChI is InChI=1S/C9H13N3O2/c1-2-7-10-8-6(9(13)14)4-3-5-12(8)11-7/h6H,2-5H2,1H3,(H,13,14). The molecule has 1 unspecified atom stereocenters. The third kappa shape index (κ3) is 1.38. The average molecular weight is 195 g/mol. The minimum absolute atomic E-state index is 0.462. The molecule has 0 spiro atoms. The molecular formula is C9H13N3O2. The van der Waals surface area contributed by atoms with Crippen molar-refractivity contribution >= 4 is 5.97 Å². The molecule has 0 saturated carbocycles. The zero-order valence-corrected chi connectivity index (χ0v) is 8.10. The van der Waals surface area contributed by atoms with Crippen LogP contribution in [-0.2, 0) is 17.8 Å². The molecule has 0 aromatic carbocycles. The summed E-state index contributed by atoms with van der Waals surface area (Å²) in [6, 6.07) is 0. The first-order valence-electron chi connectivity index (χ1n) is 4.88. The molecule has 5 heteroatoms. The number of fused-ring (bicyclic) bond motifs is 1. The van der Waals surface area contributed by atoms with E-state index in [1.807, 2.05) is 6.92 Å². The van der Waals surface area contributed by atoms with E-state index >= 15 is 0 Å². The maximum absolute atomic E-state index is 10.9. The summed E-state index contributed by atoms with van der Waals surface area (Å²) in [4.78, 5) is 15.2. The van der Waals surface area contributed by atoms with Gasteiger partial charge in [0.2, 0.25) is 0 Å². The van der Waals surface area contributed by atoms with Gasteiger partial charge in [0.1, 0.15) is 11.7 Å². The van der Waals surface area contributed by atoms with Gasteiger partial charge in [0.15, 0.2) is 5.82 Å². The summed E-state index contributed by atoms with van der Waals surface area (Å²) in [5.41, 5.74) is 0. The van der Waals surface area contributed by atoms with Crippen molar-refractivity contribution in [3.8, 4) is 0 Å². The van der Waals surface area contributed by atoms with Crippen LogP contribution in [-0.4, -0.2) is 25.8 Å². The first-order valence-corrected chi connectivity index (χ1v) is 4.88.